The van der Waals surface area contributed by atoms with E-state index >= 15 is 0 Å². The normalized spacial score (nSPS) is 10.7. The van der Waals surface area contributed by atoms with E-state index in [0.717, 1.165) is 0 Å². The maximum atomic E-state index is 2.33. The van der Waals surface area contributed by atoms with Crippen LogP contribution in [0.3, 0.4) is 0 Å². The highest BCUT2D eigenvalue weighted by Gasteiger charge is 1.96. The molecule has 0 radical (unpaired) electrons. The molecule has 1 aromatic carbocycles. The summed E-state index contributed by atoms with van der Waals surface area (Å²) in [6, 6.07) is 6.92. The van der Waals surface area contributed by atoms with Crippen molar-refractivity contribution in [1.82, 2.24) is 0 Å². The molecule has 0 heterocycles. The first-order valence-electron chi connectivity index (χ1n) is 6.79. The Morgan fingerprint density at radius 3 is 1.94 bits per heavy atom. The standard InChI is InChI=1S/C16H26/c1-4-5-6-7-8-9-10-16-12-14(2)11-15(3)13-16/h11-13H,4-10H2,1-3H3. The summed E-state index contributed by atoms with van der Waals surface area (Å²) in [5, 5.41) is 0. The van der Waals surface area contributed by atoms with E-state index in [9.17, 15) is 0 Å². The molecule has 0 aliphatic rings. The molecule has 16 heavy (non-hydrogen) atoms. The zero-order valence-electron chi connectivity index (χ0n) is 11.2. The van der Waals surface area contributed by atoms with E-state index in [4.69, 9.17) is 0 Å². The second kappa shape index (κ2) is 7.49. The van der Waals surface area contributed by atoms with Gasteiger partial charge in [0.1, 0.15) is 0 Å². The fourth-order valence-corrected chi connectivity index (χ4v) is 2.32. The Labute approximate surface area is 101 Å². The smallest absolute Gasteiger partial charge is 0.0279 e. The molecule has 90 valence electrons. The molecule has 0 aliphatic heterocycles. The van der Waals surface area contributed by atoms with Gasteiger partial charge in [0.15, 0.2) is 0 Å². The van der Waals surface area contributed by atoms with E-state index in [-0.39, 0.29) is 0 Å². The Bertz CT molecular complexity index is 279. The summed E-state index contributed by atoms with van der Waals surface area (Å²) in [6.07, 6.45) is 9.59. The number of hydrogen-bond donors (Lipinski definition) is 0. The van der Waals surface area contributed by atoms with Gasteiger partial charge in [0.05, 0.1) is 0 Å². The van der Waals surface area contributed by atoms with Gasteiger partial charge in [-0.25, -0.2) is 0 Å². The lowest BCUT2D eigenvalue weighted by Gasteiger charge is -2.05. The quantitative estimate of drug-likeness (QED) is 0.551. The van der Waals surface area contributed by atoms with Gasteiger partial charge in [-0.1, -0.05) is 68.4 Å². The molecule has 0 atom stereocenters. The third-order valence-corrected chi connectivity index (χ3v) is 3.10. The highest BCUT2D eigenvalue weighted by atomic mass is 14.0. The maximum Gasteiger partial charge on any atom is -0.0279 e. The van der Waals surface area contributed by atoms with Crippen molar-refractivity contribution >= 4 is 0 Å². The Morgan fingerprint density at radius 2 is 1.31 bits per heavy atom. The van der Waals surface area contributed by atoms with E-state index in [2.05, 4.69) is 39.0 Å². The van der Waals surface area contributed by atoms with Crippen LogP contribution in [0.2, 0.25) is 0 Å². The molecule has 0 spiro atoms. The van der Waals surface area contributed by atoms with E-state index in [0.29, 0.717) is 0 Å². The summed E-state index contributed by atoms with van der Waals surface area (Å²) in [6.45, 7) is 6.66. The molecular formula is C16H26. The van der Waals surface area contributed by atoms with Crippen LogP contribution in [0, 0.1) is 13.8 Å². The molecule has 0 bridgehead atoms. The Hall–Kier alpha value is -0.780. The third kappa shape index (κ3) is 5.34. The first-order valence-corrected chi connectivity index (χ1v) is 6.79. The molecule has 0 N–H and O–H groups in total. The van der Waals surface area contributed by atoms with Gasteiger partial charge in [-0.2, -0.15) is 0 Å². The monoisotopic (exact) mass is 218 g/mol. The van der Waals surface area contributed by atoms with Crippen LogP contribution in [0.4, 0.5) is 0 Å². The lowest BCUT2D eigenvalue weighted by atomic mass is 10.0. The van der Waals surface area contributed by atoms with Crippen molar-refractivity contribution in [2.45, 2.75) is 65.7 Å². The zero-order valence-corrected chi connectivity index (χ0v) is 11.2. The fraction of sp³-hybridized carbons (Fsp3) is 0.625. The van der Waals surface area contributed by atoms with E-state index in [1.807, 2.05) is 0 Å². The van der Waals surface area contributed by atoms with Gasteiger partial charge in [-0.3, -0.25) is 0 Å². The van der Waals surface area contributed by atoms with Crippen LogP contribution < -0.4 is 0 Å². The average Bonchev–Trinajstić information content (AvgIpc) is 2.22. The van der Waals surface area contributed by atoms with Crippen molar-refractivity contribution in [3.05, 3.63) is 34.9 Å². The van der Waals surface area contributed by atoms with Crippen LogP contribution in [0.15, 0.2) is 18.2 Å². The number of aryl methyl sites for hydroxylation is 3. The predicted molar refractivity (Wildman–Crippen MR) is 73.0 cm³/mol. The number of benzene rings is 1. The number of unbranched alkanes of at least 4 members (excludes halogenated alkanes) is 5. The van der Waals surface area contributed by atoms with Crippen LogP contribution in [-0.2, 0) is 6.42 Å². The van der Waals surface area contributed by atoms with Crippen molar-refractivity contribution in [1.29, 1.82) is 0 Å². The van der Waals surface area contributed by atoms with E-state index in [1.165, 1.54) is 61.6 Å². The molecule has 0 nitrogen and oxygen atoms in total. The van der Waals surface area contributed by atoms with Crippen LogP contribution in [0.5, 0.6) is 0 Å². The SMILES string of the molecule is CCCCCCCCc1cc(C)cc(C)c1. The van der Waals surface area contributed by atoms with Gasteiger partial charge in [0.25, 0.3) is 0 Å². The average molecular weight is 218 g/mol. The van der Waals surface area contributed by atoms with Gasteiger partial charge < -0.3 is 0 Å². The number of hydrogen-bond acceptors (Lipinski definition) is 0. The van der Waals surface area contributed by atoms with Crippen molar-refractivity contribution < 1.29 is 0 Å². The first kappa shape index (κ1) is 13.3. The summed E-state index contributed by atoms with van der Waals surface area (Å²) in [5.74, 6) is 0. The van der Waals surface area contributed by atoms with Gasteiger partial charge in [0, 0.05) is 0 Å². The van der Waals surface area contributed by atoms with Gasteiger partial charge >= 0.3 is 0 Å². The third-order valence-electron chi connectivity index (χ3n) is 3.10. The topological polar surface area (TPSA) is 0 Å². The largest absolute Gasteiger partial charge is 0.0654 e. The van der Waals surface area contributed by atoms with Crippen molar-refractivity contribution in [3.8, 4) is 0 Å². The molecule has 1 aromatic rings. The Morgan fingerprint density at radius 1 is 0.750 bits per heavy atom. The predicted octanol–water partition coefficient (Wildman–Crippen LogP) is 5.21. The highest BCUT2D eigenvalue weighted by Crippen LogP contribution is 2.13. The van der Waals surface area contributed by atoms with E-state index in [1.54, 1.807) is 0 Å². The molecule has 0 saturated carbocycles. The molecule has 0 fully saturated rings. The molecular weight excluding hydrogens is 192 g/mol. The van der Waals surface area contributed by atoms with E-state index < -0.39 is 0 Å². The maximum absolute atomic E-state index is 2.33. The first-order chi connectivity index (χ1) is 7.72. The summed E-state index contributed by atoms with van der Waals surface area (Å²) in [4.78, 5) is 0. The van der Waals surface area contributed by atoms with Crippen molar-refractivity contribution in [2.75, 3.05) is 0 Å². The van der Waals surface area contributed by atoms with Crippen molar-refractivity contribution in [3.63, 3.8) is 0 Å². The summed E-state index contributed by atoms with van der Waals surface area (Å²) in [5.41, 5.74) is 4.33. The Kier molecular flexibility index (Phi) is 6.22. The molecule has 0 saturated heterocycles. The van der Waals surface area contributed by atoms with Crippen LogP contribution in [0.25, 0.3) is 0 Å². The second-order valence-corrected chi connectivity index (χ2v) is 5.01. The minimum atomic E-state index is 1.26. The molecule has 0 unspecified atom stereocenters. The minimum Gasteiger partial charge on any atom is -0.0654 e. The molecule has 1 rings (SSSR count). The lowest BCUT2D eigenvalue weighted by molar-refractivity contribution is 0.607. The highest BCUT2D eigenvalue weighted by molar-refractivity contribution is 5.28. The van der Waals surface area contributed by atoms with Gasteiger partial charge in [0.2, 0.25) is 0 Å². The molecule has 0 amide bonds. The van der Waals surface area contributed by atoms with Crippen molar-refractivity contribution in [2.24, 2.45) is 0 Å². The van der Waals surface area contributed by atoms with Crippen LogP contribution in [0.1, 0.15) is 62.1 Å². The zero-order chi connectivity index (χ0) is 11.8. The molecule has 0 heteroatoms. The second-order valence-electron chi connectivity index (χ2n) is 5.01. The van der Waals surface area contributed by atoms with Gasteiger partial charge in [-0.15, -0.1) is 0 Å². The Balaban J connectivity index is 2.21. The lowest BCUT2D eigenvalue weighted by Crippen LogP contribution is -1.89. The summed E-state index contributed by atoms with van der Waals surface area (Å²) < 4.78 is 0. The fourth-order valence-electron chi connectivity index (χ4n) is 2.32. The minimum absolute atomic E-state index is 1.26. The van der Waals surface area contributed by atoms with Crippen LogP contribution in [-0.4, -0.2) is 0 Å². The van der Waals surface area contributed by atoms with Crippen LogP contribution >= 0.6 is 0 Å². The van der Waals surface area contributed by atoms with Gasteiger partial charge in [-0.05, 0) is 32.3 Å². The summed E-state index contributed by atoms with van der Waals surface area (Å²) >= 11 is 0. The summed E-state index contributed by atoms with van der Waals surface area (Å²) in [7, 11) is 0. The molecule has 0 aromatic heterocycles. The molecule has 0 aliphatic carbocycles. The number of rotatable bonds is 7.